The number of thiophene rings is 1. The van der Waals surface area contributed by atoms with Gasteiger partial charge in [0.15, 0.2) is 0 Å². The van der Waals surface area contributed by atoms with Crippen molar-refractivity contribution in [2.45, 2.75) is 56.9 Å². The second kappa shape index (κ2) is 5.89. The third-order valence-electron chi connectivity index (χ3n) is 6.54. The predicted octanol–water partition coefficient (Wildman–Crippen LogP) is 3.76. The lowest BCUT2D eigenvalue weighted by molar-refractivity contribution is -0.127. The highest BCUT2D eigenvalue weighted by Crippen LogP contribution is 2.51. The molecule has 2 aliphatic carbocycles. The summed E-state index contributed by atoms with van der Waals surface area (Å²) >= 11 is 1.86. The maximum Gasteiger partial charge on any atom is 0.223 e. The van der Waals surface area contributed by atoms with Crippen molar-refractivity contribution >= 4 is 17.2 Å². The Morgan fingerprint density at radius 1 is 1.30 bits per heavy atom. The zero-order valence-electron chi connectivity index (χ0n) is 14.1. The van der Waals surface area contributed by atoms with E-state index in [1.54, 1.807) is 0 Å². The molecule has 1 aromatic rings. The van der Waals surface area contributed by atoms with Crippen LogP contribution in [0.5, 0.6) is 0 Å². The largest absolute Gasteiger partial charge is 0.342 e. The van der Waals surface area contributed by atoms with Crippen molar-refractivity contribution in [1.29, 1.82) is 0 Å². The maximum absolute atomic E-state index is 12.5. The summed E-state index contributed by atoms with van der Waals surface area (Å²) in [4.78, 5) is 16.1. The highest BCUT2D eigenvalue weighted by atomic mass is 32.1. The molecule has 126 valence electrons. The lowest BCUT2D eigenvalue weighted by Gasteiger charge is -2.44. The summed E-state index contributed by atoms with van der Waals surface area (Å²) in [5.74, 6) is 1.33. The van der Waals surface area contributed by atoms with E-state index in [0.29, 0.717) is 5.91 Å². The van der Waals surface area contributed by atoms with Gasteiger partial charge < -0.3 is 10.2 Å². The van der Waals surface area contributed by atoms with Crippen molar-refractivity contribution in [2.75, 3.05) is 20.1 Å². The number of hydrogen-bond acceptors (Lipinski definition) is 3. The molecule has 1 aromatic heterocycles. The molecule has 23 heavy (non-hydrogen) atoms. The van der Waals surface area contributed by atoms with Gasteiger partial charge >= 0.3 is 0 Å². The number of nitrogens with zero attached hydrogens (tertiary/aromatic N) is 1. The molecule has 0 unspecified atom stereocenters. The molecule has 4 rings (SSSR count). The highest BCUT2D eigenvalue weighted by molar-refractivity contribution is 7.10. The Bertz CT molecular complexity index is 556. The number of nitrogens with one attached hydrogen (secondary N) is 1. The second-order valence-corrected chi connectivity index (χ2v) is 8.98. The predicted molar refractivity (Wildman–Crippen MR) is 94.5 cm³/mol. The molecule has 1 aliphatic heterocycles. The van der Waals surface area contributed by atoms with Gasteiger partial charge in [-0.3, -0.25) is 4.79 Å². The molecule has 1 amide bonds. The van der Waals surface area contributed by atoms with Crippen LogP contribution < -0.4 is 5.32 Å². The molecule has 4 heteroatoms. The van der Waals surface area contributed by atoms with E-state index in [-0.39, 0.29) is 11.0 Å². The summed E-state index contributed by atoms with van der Waals surface area (Å²) in [6.45, 7) is 2.02. The SMILES string of the molecule is CNC1(c2cccs2)CCC2(CC1)CC(=O)N(CCC1CC1)C2. The van der Waals surface area contributed by atoms with Gasteiger partial charge in [0.05, 0.1) is 5.54 Å². The maximum atomic E-state index is 12.5. The normalized spacial score (nSPS) is 34.5. The van der Waals surface area contributed by atoms with E-state index in [4.69, 9.17) is 0 Å². The zero-order chi connectivity index (χ0) is 15.9. The Labute approximate surface area is 143 Å². The number of carbonyl (C=O) groups is 1. The Morgan fingerprint density at radius 2 is 2.09 bits per heavy atom. The molecule has 2 saturated carbocycles. The van der Waals surface area contributed by atoms with Gasteiger partial charge in [-0.25, -0.2) is 0 Å². The first-order chi connectivity index (χ1) is 11.1. The van der Waals surface area contributed by atoms with Gasteiger partial charge in [0.1, 0.15) is 0 Å². The van der Waals surface area contributed by atoms with E-state index in [1.807, 2.05) is 11.3 Å². The van der Waals surface area contributed by atoms with Gasteiger partial charge in [-0.1, -0.05) is 18.9 Å². The van der Waals surface area contributed by atoms with E-state index < -0.39 is 0 Å². The first-order valence-electron chi connectivity index (χ1n) is 9.15. The molecule has 3 aliphatic rings. The summed E-state index contributed by atoms with van der Waals surface area (Å²) < 4.78 is 0. The van der Waals surface area contributed by atoms with Crippen LogP contribution in [0.15, 0.2) is 17.5 Å². The minimum atomic E-state index is 0.143. The van der Waals surface area contributed by atoms with Crippen LogP contribution in [0, 0.1) is 11.3 Å². The fraction of sp³-hybridized carbons (Fsp3) is 0.737. The highest BCUT2D eigenvalue weighted by Gasteiger charge is 2.49. The van der Waals surface area contributed by atoms with Crippen LogP contribution in [0.1, 0.15) is 56.2 Å². The van der Waals surface area contributed by atoms with Crippen molar-refractivity contribution in [1.82, 2.24) is 10.2 Å². The smallest absolute Gasteiger partial charge is 0.223 e. The number of amides is 1. The van der Waals surface area contributed by atoms with Crippen LogP contribution in [0.2, 0.25) is 0 Å². The third-order valence-corrected chi connectivity index (χ3v) is 7.62. The number of rotatable bonds is 5. The summed E-state index contributed by atoms with van der Waals surface area (Å²) in [6, 6.07) is 4.42. The van der Waals surface area contributed by atoms with Crippen molar-refractivity contribution < 1.29 is 4.79 Å². The topological polar surface area (TPSA) is 32.3 Å². The van der Waals surface area contributed by atoms with E-state index >= 15 is 0 Å². The summed E-state index contributed by atoms with van der Waals surface area (Å²) in [5, 5.41) is 5.79. The molecule has 3 fully saturated rings. The van der Waals surface area contributed by atoms with Crippen LogP contribution in [-0.4, -0.2) is 30.9 Å². The quantitative estimate of drug-likeness (QED) is 0.890. The molecule has 0 bridgehead atoms. The summed E-state index contributed by atoms with van der Waals surface area (Å²) in [6.07, 6.45) is 9.48. The Morgan fingerprint density at radius 3 is 2.70 bits per heavy atom. The van der Waals surface area contributed by atoms with Crippen LogP contribution in [-0.2, 0) is 10.3 Å². The summed E-state index contributed by atoms with van der Waals surface area (Å²) in [7, 11) is 2.10. The van der Waals surface area contributed by atoms with Gasteiger partial charge in [-0.2, -0.15) is 0 Å². The van der Waals surface area contributed by atoms with Crippen molar-refractivity contribution in [3.63, 3.8) is 0 Å². The van der Waals surface area contributed by atoms with E-state index in [0.717, 1.165) is 38.3 Å². The third kappa shape index (κ3) is 2.96. The number of likely N-dealkylation sites (tertiary alicyclic amines) is 1. The number of hydrogen-bond donors (Lipinski definition) is 1. The average Bonchev–Trinajstić information content (AvgIpc) is 3.12. The van der Waals surface area contributed by atoms with Crippen LogP contribution >= 0.6 is 11.3 Å². The van der Waals surface area contributed by atoms with Crippen molar-refractivity contribution in [2.24, 2.45) is 11.3 Å². The van der Waals surface area contributed by atoms with E-state index in [1.165, 1.54) is 37.0 Å². The van der Waals surface area contributed by atoms with Crippen molar-refractivity contribution in [3.05, 3.63) is 22.4 Å². The fourth-order valence-electron chi connectivity index (χ4n) is 4.64. The fourth-order valence-corrected chi connectivity index (χ4v) is 5.64. The molecule has 1 spiro atoms. The molecular weight excluding hydrogens is 304 g/mol. The zero-order valence-corrected chi connectivity index (χ0v) is 15.0. The Balaban J connectivity index is 1.41. The molecule has 3 nitrogen and oxygen atoms in total. The van der Waals surface area contributed by atoms with Gasteiger partial charge in [-0.05, 0) is 61.9 Å². The lowest BCUT2D eigenvalue weighted by Crippen LogP contribution is -2.46. The summed E-state index contributed by atoms with van der Waals surface area (Å²) in [5.41, 5.74) is 0.405. The Hall–Kier alpha value is -0.870. The molecular formula is C19H28N2OS. The first kappa shape index (κ1) is 15.6. The van der Waals surface area contributed by atoms with Gasteiger partial charge in [0.25, 0.3) is 0 Å². The molecule has 1 saturated heterocycles. The van der Waals surface area contributed by atoms with E-state index in [2.05, 4.69) is 34.8 Å². The van der Waals surface area contributed by atoms with Gasteiger partial charge in [-0.15, -0.1) is 11.3 Å². The van der Waals surface area contributed by atoms with Gasteiger partial charge in [0, 0.05) is 24.4 Å². The molecule has 0 aromatic carbocycles. The molecule has 2 heterocycles. The van der Waals surface area contributed by atoms with Crippen LogP contribution in [0.25, 0.3) is 0 Å². The first-order valence-corrected chi connectivity index (χ1v) is 10.0. The van der Waals surface area contributed by atoms with Gasteiger partial charge in [0.2, 0.25) is 5.91 Å². The monoisotopic (exact) mass is 332 g/mol. The molecule has 1 N–H and O–H groups in total. The average molecular weight is 333 g/mol. The van der Waals surface area contributed by atoms with E-state index in [9.17, 15) is 4.79 Å². The minimum Gasteiger partial charge on any atom is -0.342 e. The molecule has 0 radical (unpaired) electrons. The Kier molecular flexibility index (Phi) is 4.01. The minimum absolute atomic E-state index is 0.143. The standard InChI is InChI=1S/C19H28N2OS/c1-20-19(16-3-2-12-23-16)9-7-18(8-10-19)13-17(22)21(14-18)11-6-15-4-5-15/h2-3,12,15,20H,4-11,13-14H2,1H3. The van der Waals surface area contributed by atoms with Crippen LogP contribution in [0.4, 0.5) is 0 Å². The second-order valence-electron chi connectivity index (χ2n) is 8.03. The number of carbonyl (C=O) groups excluding carboxylic acids is 1. The van der Waals surface area contributed by atoms with Crippen LogP contribution in [0.3, 0.4) is 0 Å². The van der Waals surface area contributed by atoms with Crippen molar-refractivity contribution in [3.8, 4) is 0 Å². The molecule has 0 atom stereocenters. The lowest BCUT2D eigenvalue weighted by atomic mass is 9.66.